The van der Waals surface area contributed by atoms with Crippen molar-refractivity contribution in [2.45, 2.75) is 5.92 Å². The molecule has 0 aliphatic carbocycles. The first-order valence-electron chi connectivity index (χ1n) is 5.53. The third kappa shape index (κ3) is 2.12. The van der Waals surface area contributed by atoms with Crippen molar-refractivity contribution in [3.8, 4) is 5.88 Å². The predicted octanol–water partition coefficient (Wildman–Crippen LogP) is 1.37. The van der Waals surface area contributed by atoms with Gasteiger partial charge in [-0.25, -0.2) is 4.98 Å². The third-order valence-electron chi connectivity index (χ3n) is 2.88. The fourth-order valence-corrected chi connectivity index (χ4v) is 1.93. The first kappa shape index (κ1) is 12.3. The molecule has 3 N–H and O–H groups in total. The van der Waals surface area contributed by atoms with Crippen LogP contribution in [0.25, 0.3) is 10.8 Å². The Morgan fingerprint density at radius 3 is 2.89 bits per heavy atom. The number of carbonyl (C=O) groups is 1. The normalized spacial score (nSPS) is 12.3. The van der Waals surface area contributed by atoms with E-state index >= 15 is 0 Å². The number of methoxy groups -OCH3 is 1. The maximum Gasteiger partial charge on any atom is 0.312 e. The molecule has 18 heavy (non-hydrogen) atoms. The Labute approximate surface area is 104 Å². The first-order valence-corrected chi connectivity index (χ1v) is 5.53. The van der Waals surface area contributed by atoms with E-state index in [0.717, 1.165) is 10.8 Å². The molecule has 1 atom stereocenters. The molecule has 5 heteroatoms. The van der Waals surface area contributed by atoms with Crippen LogP contribution in [0.1, 0.15) is 11.5 Å². The molecular formula is C13H14N2O3. The molecule has 1 unspecified atom stereocenters. The van der Waals surface area contributed by atoms with Gasteiger partial charge in [0.05, 0.1) is 13.0 Å². The van der Waals surface area contributed by atoms with Crippen LogP contribution in [0.2, 0.25) is 0 Å². The smallest absolute Gasteiger partial charge is 0.312 e. The van der Waals surface area contributed by atoms with Crippen molar-refractivity contribution in [1.29, 1.82) is 0 Å². The molecule has 0 saturated carbocycles. The lowest BCUT2D eigenvalue weighted by Crippen LogP contribution is -2.20. The van der Waals surface area contributed by atoms with Crippen LogP contribution in [0.3, 0.4) is 0 Å². The first-order chi connectivity index (χ1) is 8.67. The van der Waals surface area contributed by atoms with Crippen LogP contribution >= 0.6 is 0 Å². The van der Waals surface area contributed by atoms with Crippen LogP contribution in [0, 0.1) is 0 Å². The molecule has 5 nitrogen and oxygen atoms in total. The van der Waals surface area contributed by atoms with E-state index in [9.17, 15) is 4.79 Å². The molecule has 1 aromatic carbocycles. The molecule has 2 aromatic rings. The van der Waals surface area contributed by atoms with Crippen molar-refractivity contribution >= 4 is 16.7 Å². The summed E-state index contributed by atoms with van der Waals surface area (Å²) in [6.45, 7) is 0.0725. The van der Waals surface area contributed by atoms with Gasteiger partial charge in [-0.2, -0.15) is 0 Å². The highest BCUT2D eigenvalue weighted by atomic mass is 16.5. The highest BCUT2D eigenvalue weighted by Crippen LogP contribution is 2.26. The number of pyridine rings is 1. The molecular weight excluding hydrogens is 232 g/mol. The molecule has 0 bridgehead atoms. The Morgan fingerprint density at radius 1 is 1.50 bits per heavy atom. The topological polar surface area (TPSA) is 85.4 Å². The summed E-state index contributed by atoms with van der Waals surface area (Å²) in [5.74, 6) is -1.08. The second kappa shape index (κ2) is 5.01. The number of fused-ring (bicyclic) bond motifs is 1. The van der Waals surface area contributed by atoms with E-state index in [-0.39, 0.29) is 6.54 Å². The Kier molecular flexibility index (Phi) is 3.43. The summed E-state index contributed by atoms with van der Waals surface area (Å²) >= 11 is 0. The van der Waals surface area contributed by atoms with Crippen LogP contribution in [0.5, 0.6) is 5.88 Å². The van der Waals surface area contributed by atoms with Gasteiger partial charge in [0, 0.05) is 18.1 Å². The monoisotopic (exact) mass is 246 g/mol. The average Bonchev–Trinajstić information content (AvgIpc) is 2.38. The van der Waals surface area contributed by atoms with Crippen LogP contribution in [0.15, 0.2) is 30.5 Å². The van der Waals surface area contributed by atoms with Crippen molar-refractivity contribution < 1.29 is 14.6 Å². The van der Waals surface area contributed by atoms with Gasteiger partial charge in [-0.3, -0.25) is 4.79 Å². The number of carboxylic acid groups (broad SMARTS) is 1. The van der Waals surface area contributed by atoms with Crippen molar-refractivity contribution in [3.05, 3.63) is 36.0 Å². The minimum Gasteiger partial charge on any atom is -0.481 e. The molecule has 94 valence electrons. The highest BCUT2D eigenvalue weighted by molar-refractivity contribution is 5.88. The van der Waals surface area contributed by atoms with Gasteiger partial charge in [0.15, 0.2) is 0 Å². The molecule has 0 spiro atoms. The molecule has 0 aliphatic heterocycles. The fraction of sp³-hybridized carbons (Fsp3) is 0.231. The average molecular weight is 246 g/mol. The lowest BCUT2D eigenvalue weighted by atomic mass is 9.97. The van der Waals surface area contributed by atoms with E-state index < -0.39 is 11.9 Å². The zero-order valence-corrected chi connectivity index (χ0v) is 9.96. The Morgan fingerprint density at radius 2 is 2.28 bits per heavy atom. The lowest BCUT2D eigenvalue weighted by Gasteiger charge is -2.11. The van der Waals surface area contributed by atoms with Crippen molar-refractivity contribution in [2.24, 2.45) is 5.73 Å². The lowest BCUT2D eigenvalue weighted by molar-refractivity contribution is -0.138. The molecule has 0 saturated heterocycles. The molecule has 0 amide bonds. The van der Waals surface area contributed by atoms with E-state index in [0.29, 0.717) is 11.4 Å². The Balaban J connectivity index is 2.54. The van der Waals surface area contributed by atoms with E-state index in [4.69, 9.17) is 15.6 Å². The number of carboxylic acids is 1. The van der Waals surface area contributed by atoms with E-state index in [1.165, 1.54) is 0 Å². The zero-order valence-electron chi connectivity index (χ0n) is 9.96. The molecule has 0 radical (unpaired) electrons. The van der Waals surface area contributed by atoms with Gasteiger partial charge < -0.3 is 15.6 Å². The largest absolute Gasteiger partial charge is 0.481 e. The zero-order chi connectivity index (χ0) is 13.1. The SMILES string of the molecule is COc1nccc2cc(C(CN)C(=O)O)ccc12. The minimum absolute atomic E-state index is 0.0725. The summed E-state index contributed by atoms with van der Waals surface area (Å²) in [7, 11) is 1.55. The molecule has 0 aliphatic rings. The fourth-order valence-electron chi connectivity index (χ4n) is 1.93. The van der Waals surface area contributed by atoms with Crippen LogP contribution < -0.4 is 10.5 Å². The number of hydrogen-bond donors (Lipinski definition) is 2. The van der Waals surface area contributed by atoms with Crippen molar-refractivity contribution in [3.63, 3.8) is 0 Å². The second-order valence-corrected chi connectivity index (χ2v) is 3.93. The van der Waals surface area contributed by atoms with Crippen molar-refractivity contribution in [1.82, 2.24) is 4.98 Å². The number of hydrogen-bond acceptors (Lipinski definition) is 4. The molecule has 2 rings (SSSR count). The summed E-state index contributed by atoms with van der Waals surface area (Å²) in [4.78, 5) is 15.2. The van der Waals surface area contributed by atoms with Gasteiger partial charge in [0.2, 0.25) is 5.88 Å². The maximum atomic E-state index is 11.1. The highest BCUT2D eigenvalue weighted by Gasteiger charge is 2.18. The van der Waals surface area contributed by atoms with Crippen molar-refractivity contribution in [2.75, 3.05) is 13.7 Å². The summed E-state index contributed by atoms with van der Waals surface area (Å²) in [6, 6.07) is 7.18. The quantitative estimate of drug-likeness (QED) is 0.851. The Bertz CT molecular complexity index is 583. The second-order valence-electron chi connectivity index (χ2n) is 3.93. The summed E-state index contributed by atoms with van der Waals surface area (Å²) in [5, 5.41) is 10.8. The number of benzene rings is 1. The maximum absolute atomic E-state index is 11.1. The third-order valence-corrected chi connectivity index (χ3v) is 2.88. The van der Waals surface area contributed by atoms with Gasteiger partial charge in [0.1, 0.15) is 0 Å². The Hall–Kier alpha value is -2.14. The molecule has 1 heterocycles. The van der Waals surface area contributed by atoms with Crippen LogP contribution in [-0.4, -0.2) is 29.7 Å². The summed E-state index contributed by atoms with van der Waals surface area (Å²) in [5.41, 5.74) is 6.17. The summed E-state index contributed by atoms with van der Waals surface area (Å²) < 4.78 is 5.15. The summed E-state index contributed by atoms with van der Waals surface area (Å²) in [6.07, 6.45) is 1.63. The standard InChI is InChI=1S/C13H14N2O3/c1-18-12-10-3-2-8(11(7-14)13(16)17)6-9(10)4-5-15-12/h2-6,11H,7,14H2,1H3,(H,16,17). The van der Waals surface area contributed by atoms with Gasteiger partial charge in [0.25, 0.3) is 0 Å². The van der Waals surface area contributed by atoms with Crippen LogP contribution in [0.4, 0.5) is 0 Å². The molecule has 1 aromatic heterocycles. The number of ether oxygens (including phenoxy) is 1. The van der Waals surface area contributed by atoms with Gasteiger partial charge in [-0.15, -0.1) is 0 Å². The molecule has 0 fully saturated rings. The minimum atomic E-state index is -0.919. The van der Waals surface area contributed by atoms with E-state index in [2.05, 4.69) is 4.98 Å². The number of aromatic nitrogens is 1. The van der Waals surface area contributed by atoms with Gasteiger partial charge in [-0.05, 0) is 29.1 Å². The number of rotatable bonds is 4. The number of nitrogens with zero attached hydrogens (tertiary/aromatic N) is 1. The number of aliphatic carboxylic acids is 1. The number of nitrogens with two attached hydrogens (primary N) is 1. The van der Waals surface area contributed by atoms with Gasteiger partial charge >= 0.3 is 5.97 Å². The van der Waals surface area contributed by atoms with Crippen LogP contribution in [-0.2, 0) is 4.79 Å². The van der Waals surface area contributed by atoms with E-state index in [1.807, 2.05) is 18.2 Å². The van der Waals surface area contributed by atoms with Gasteiger partial charge in [-0.1, -0.05) is 6.07 Å². The van der Waals surface area contributed by atoms with E-state index in [1.54, 1.807) is 19.4 Å². The predicted molar refractivity (Wildman–Crippen MR) is 67.7 cm³/mol.